The van der Waals surface area contributed by atoms with Crippen LogP contribution < -0.4 is 0 Å². The number of ether oxygens (including phenoxy) is 2. The molecule has 10 atom stereocenters. The molecule has 0 saturated heterocycles. The van der Waals surface area contributed by atoms with Crippen molar-refractivity contribution in [3.05, 3.63) is 85.3 Å². The fourth-order valence-electron chi connectivity index (χ4n) is 9.48. The van der Waals surface area contributed by atoms with Gasteiger partial charge in [0.25, 0.3) is 0 Å². The third-order valence-corrected chi connectivity index (χ3v) is 29.3. The van der Waals surface area contributed by atoms with E-state index < -0.39 is 148 Å². The third kappa shape index (κ3) is 25.1. The van der Waals surface area contributed by atoms with Crippen LogP contribution in [0.15, 0.2) is 63.9 Å². The number of rotatable bonds is 10. The van der Waals surface area contributed by atoms with E-state index in [4.69, 9.17) is 18.3 Å². The van der Waals surface area contributed by atoms with Crippen LogP contribution in [-0.4, -0.2) is 114 Å². The summed E-state index contributed by atoms with van der Waals surface area (Å²) in [4.78, 5) is 73.3. The highest BCUT2D eigenvalue weighted by Gasteiger charge is 2.47. The fraction of sp³-hybridized carbons (Fsp3) is 0.691. The van der Waals surface area contributed by atoms with Gasteiger partial charge in [0.2, 0.25) is 0 Å². The van der Waals surface area contributed by atoms with E-state index in [2.05, 4.69) is 90.0 Å². The third-order valence-electron chi connectivity index (χ3n) is 18.6. The Hall–Kier alpha value is -4.28. The molecule has 4 heterocycles. The quantitative estimate of drug-likeness (QED) is 0.0875. The summed E-state index contributed by atoms with van der Waals surface area (Å²) in [7, 11) is -3.97. The van der Waals surface area contributed by atoms with Crippen LogP contribution in [-0.2, 0) is 61.9 Å². The van der Waals surface area contributed by atoms with Gasteiger partial charge in [-0.25, -0.2) is 9.97 Å². The average molecular weight is 1380 g/mol. The van der Waals surface area contributed by atoms with Crippen molar-refractivity contribution in [2.24, 2.45) is 40.4 Å². The van der Waals surface area contributed by atoms with E-state index in [9.17, 15) is 65.6 Å². The number of ketones is 3. The SMILES string of the molecule is C/C(=C\c1csc(CO)n1)[C@@H]1C/C=C(/C(F)(F)F)C/C=C/[C@H](C)[C@H](O)[C@@H](C)C(=O)C(C)(C)[C@@H](O)CC(=O)O1.CC(=O)[C@@H]1C/C=C(/C(F)(F)F)C/C=C/[C@H](C)[C@H](O[Si](C)(C)C(C)(C)C)[C@@H](C)C(=O)C(C)(C)[C@@H](C)CC(=O)O1.CCc1csc(CO[Si](C)(C)C(C)(C)C)n1. The Morgan fingerprint density at radius 2 is 1.17 bits per heavy atom. The molecule has 0 aliphatic carbocycles. The van der Waals surface area contributed by atoms with E-state index in [0.29, 0.717) is 22.9 Å². The molecule has 2 aliphatic heterocycles. The summed E-state index contributed by atoms with van der Waals surface area (Å²) >= 11 is 2.92. The zero-order valence-corrected chi connectivity index (χ0v) is 62.0. The maximum absolute atomic E-state index is 13.9. The number of halogens is 6. The van der Waals surface area contributed by atoms with Crippen LogP contribution >= 0.6 is 22.7 Å². The standard InChI is InChI=1S/C29H47F3O5Si.C27H36F3NO6S.C12H23NOSSi/c1-18-13-12-14-22(29(30,31)32)15-16-23(21(4)33)36-24(34)17-19(2)28(8,9)26(35)20(3)25(18)37-38(10,11)27(5,6)7;1-15-7-6-8-18(27(28,29)30)9-10-20(16(2)11-19-14-38-22(13-32)31-19)37-23(34)12-21(33)26(4,5)25(36)17(3)24(15)35;1-7-10-9-15-11(13-10)8-14-16(5,6)12(2,3)4/h12-13,15,18-20,23,25H,14,16-17H2,1-11H3;6-7,9,11,14-15,17,20-21,24,32-33,35H,8,10,12-13H2,1-5H3;9H,7-8H2,1-6H3/b13-12+,22-15+;7-6+,16-11+,18-9+;/t18-,19-,20+,23-,25-;15-,17+,20-,21-,24-;/m00./s1. The minimum absolute atomic E-state index is 0.0900. The van der Waals surface area contributed by atoms with Gasteiger partial charge in [-0.15, -0.1) is 22.7 Å². The minimum atomic E-state index is -4.64. The van der Waals surface area contributed by atoms with E-state index in [1.54, 1.807) is 70.4 Å². The van der Waals surface area contributed by atoms with Crippen LogP contribution in [0.3, 0.4) is 0 Å². The van der Waals surface area contributed by atoms with Gasteiger partial charge in [-0.3, -0.25) is 24.0 Å². The highest BCUT2D eigenvalue weighted by Crippen LogP contribution is 2.43. The molecule has 2 aromatic rings. The number of thiazole rings is 2. The molecule has 0 spiro atoms. The second kappa shape index (κ2) is 34.6. The molecule has 0 saturated carbocycles. The fourth-order valence-corrected chi connectivity index (χ4v) is 13.4. The number of esters is 2. The van der Waals surface area contributed by atoms with E-state index in [1.165, 1.54) is 63.0 Å². The van der Waals surface area contributed by atoms with E-state index in [1.807, 2.05) is 6.92 Å². The monoisotopic (exact) mass is 1380 g/mol. The van der Waals surface area contributed by atoms with Crippen LogP contribution in [0.5, 0.6) is 0 Å². The predicted octanol–water partition coefficient (Wildman–Crippen LogP) is 16.6. The number of aliphatic hydroxyl groups is 3. The van der Waals surface area contributed by atoms with Crippen LogP contribution in [0.2, 0.25) is 36.3 Å². The second-order valence-electron chi connectivity index (χ2n) is 28.7. The van der Waals surface area contributed by atoms with Gasteiger partial charge >= 0.3 is 24.3 Å². The molecule has 2 aliphatic rings. The summed E-state index contributed by atoms with van der Waals surface area (Å²) in [5.41, 5.74) is -1.94. The summed E-state index contributed by atoms with van der Waals surface area (Å²) in [6.45, 7) is 42.1. The number of carbonyl (C=O) groups excluding carboxylic acids is 5. The molecule has 522 valence electrons. The van der Waals surface area contributed by atoms with Crippen LogP contribution in [0.25, 0.3) is 6.08 Å². The molecule has 0 amide bonds. The van der Waals surface area contributed by atoms with Crippen molar-refractivity contribution in [2.45, 2.75) is 262 Å². The molecule has 4 rings (SSSR count). The van der Waals surface area contributed by atoms with Gasteiger partial charge in [-0.1, -0.05) is 147 Å². The number of carbonyl (C=O) groups is 5. The first kappa shape index (κ1) is 83.8. The zero-order chi connectivity index (χ0) is 71.1. The lowest BCUT2D eigenvalue weighted by Gasteiger charge is -2.43. The number of hydrogen-bond acceptors (Lipinski definition) is 16. The highest BCUT2D eigenvalue weighted by atomic mass is 32.1. The van der Waals surface area contributed by atoms with Gasteiger partial charge in [-0.05, 0) is 92.9 Å². The lowest BCUT2D eigenvalue weighted by atomic mass is 9.69. The molecule has 92 heavy (non-hydrogen) atoms. The van der Waals surface area contributed by atoms with Gasteiger partial charge < -0.3 is 33.6 Å². The first-order valence-electron chi connectivity index (χ1n) is 31.5. The number of aryl methyl sites for hydroxylation is 1. The lowest BCUT2D eigenvalue weighted by molar-refractivity contribution is -0.157. The lowest BCUT2D eigenvalue weighted by Crippen LogP contribution is -2.50. The zero-order valence-electron chi connectivity index (χ0n) is 58.3. The number of cyclic esters (lactones) is 2. The molecule has 3 N–H and O–H groups in total. The molecule has 14 nitrogen and oxygen atoms in total. The summed E-state index contributed by atoms with van der Waals surface area (Å²) in [6, 6.07) is 0. The van der Waals surface area contributed by atoms with Gasteiger partial charge in [0.05, 0.1) is 54.7 Å². The molecule has 0 aromatic carbocycles. The van der Waals surface area contributed by atoms with Crippen molar-refractivity contribution < 1.29 is 84.0 Å². The van der Waals surface area contributed by atoms with Gasteiger partial charge in [0.1, 0.15) is 27.7 Å². The average Bonchev–Trinajstić information content (AvgIpc) is 0.983. The Labute approximate surface area is 553 Å². The minimum Gasteiger partial charge on any atom is -0.457 e. The second-order valence-corrected chi connectivity index (χ2v) is 40.2. The van der Waals surface area contributed by atoms with Crippen molar-refractivity contribution in [2.75, 3.05) is 0 Å². The number of allylic oxidation sites excluding steroid dienone is 4. The molecular formula is C68H106F6N2O12S2Si2. The topological polar surface area (TPSA) is 209 Å². The maximum Gasteiger partial charge on any atom is 0.412 e. The molecule has 0 fully saturated rings. The number of aromatic nitrogens is 2. The van der Waals surface area contributed by atoms with Crippen molar-refractivity contribution in [3.63, 3.8) is 0 Å². The predicted molar refractivity (Wildman–Crippen MR) is 357 cm³/mol. The number of alkyl halides is 6. The van der Waals surface area contributed by atoms with E-state index in [0.717, 1.165) is 23.6 Å². The normalized spacial score (nSPS) is 27.9. The van der Waals surface area contributed by atoms with Crippen LogP contribution in [0.4, 0.5) is 26.3 Å². The Morgan fingerprint density at radius 3 is 1.64 bits per heavy atom. The number of nitrogens with zero attached hydrogens (tertiary/aromatic N) is 2. The molecular weight excluding hydrogens is 1270 g/mol. The Bertz CT molecular complexity index is 2930. The van der Waals surface area contributed by atoms with E-state index in [-0.39, 0.29) is 47.6 Å². The molecule has 0 unspecified atom stereocenters. The Balaban J connectivity index is 0.000000507. The van der Waals surface area contributed by atoms with Crippen molar-refractivity contribution in [1.82, 2.24) is 9.97 Å². The molecule has 0 bridgehead atoms. The smallest absolute Gasteiger partial charge is 0.412 e. The number of aliphatic hydroxyl groups excluding tert-OH is 3. The number of hydrogen-bond donors (Lipinski definition) is 3. The van der Waals surface area contributed by atoms with Crippen LogP contribution in [0.1, 0.15) is 185 Å². The highest BCUT2D eigenvalue weighted by molar-refractivity contribution is 7.10. The van der Waals surface area contributed by atoms with Gasteiger partial charge in [0.15, 0.2) is 28.5 Å². The summed E-state index contributed by atoms with van der Waals surface area (Å²) in [6.07, 6.45) is -6.78. The summed E-state index contributed by atoms with van der Waals surface area (Å²) in [5.74, 6) is -5.65. The van der Waals surface area contributed by atoms with Crippen LogP contribution in [0, 0.1) is 40.4 Å². The molecule has 24 heteroatoms. The largest absolute Gasteiger partial charge is 0.457 e. The Kier molecular flexibility index (Phi) is 31.5. The van der Waals surface area contributed by atoms with Gasteiger partial charge in [0, 0.05) is 64.3 Å². The number of Topliss-reactive ketones (excluding diaryl/α,β-unsaturated/α-hetero) is 3. The van der Waals surface area contributed by atoms with Crippen molar-refractivity contribution in [1.29, 1.82) is 0 Å². The van der Waals surface area contributed by atoms with Crippen molar-refractivity contribution >= 4 is 74.7 Å². The first-order chi connectivity index (χ1) is 41.9. The summed E-state index contributed by atoms with van der Waals surface area (Å²) in [5, 5.41) is 36.1. The molecule has 2 aromatic heterocycles. The maximum atomic E-state index is 13.9. The van der Waals surface area contributed by atoms with Gasteiger partial charge in [-0.2, -0.15) is 26.3 Å². The molecule has 0 radical (unpaired) electrons. The first-order valence-corrected chi connectivity index (χ1v) is 39.1. The Morgan fingerprint density at radius 1 is 0.696 bits per heavy atom. The summed E-state index contributed by atoms with van der Waals surface area (Å²) < 4.78 is 106. The van der Waals surface area contributed by atoms with E-state index >= 15 is 0 Å². The van der Waals surface area contributed by atoms with Crippen molar-refractivity contribution in [3.8, 4) is 0 Å².